The number of thiophene rings is 1. The first-order valence-corrected chi connectivity index (χ1v) is 7.25. The molecule has 0 fully saturated rings. The zero-order valence-corrected chi connectivity index (χ0v) is 10.5. The third-order valence-electron chi connectivity index (χ3n) is 3.11. The number of carbonyl (C=O) groups excluding carboxylic acids is 1. The van der Waals surface area contributed by atoms with Crippen LogP contribution in [0.25, 0.3) is 0 Å². The van der Waals surface area contributed by atoms with Crippen molar-refractivity contribution in [1.29, 1.82) is 0 Å². The zero-order valence-electron chi connectivity index (χ0n) is 8.83. The predicted octanol–water partition coefficient (Wildman–Crippen LogP) is 1.61. The van der Waals surface area contributed by atoms with E-state index in [1.165, 1.54) is 10.4 Å². The van der Waals surface area contributed by atoms with Crippen molar-refractivity contribution in [1.82, 2.24) is 4.72 Å². The van der Waals surface area contributed by atoms with Gasteiger partial charge in [0.15, 0.2) is 0 Å². The lowest BCUT2D eigenvalue weighted by atomic mass is 9.88. The molecular formula is C10H12N2O2S2. The Hall–Kier alpha value is -0.880. The van der Waals surface area contributed by atoms with Crippen molar-refractivity contribution in [2.75, 3.05) is 4.72 Å². The molecule has 86 valence electrons. The number of rotatable bonds is 0. The van der Waals surface area contributed by atoms with Crippen LogP contribution in [0.3, 0.4) is 0 Å². The van der Waals surface area contributed by atoms with Crippen molar-refractivity contribution < 1.29 is 9.00 Å². The Bertz CT molecular complexity index is 495. The Kier molecular flexibility index (Phi) is 2.29. The van der Waals surface area contributed by atoms with E-state index in [1.54, 1.807) is 11.3 Å². The van der Waals surface area contributed by atoms with Crippen LogP contribution in [0.15, 0.2) is 0 Å². The average molecular weight is 256 g/mol. The van der Waals surface area contributed by atoms with E-state index in [0.29, 0.717) is 5.92 Å². The maximum Gasteiger partial charge on any atom is 0.267 e. The summed E-state index contributed by atoms with van der Waals surface area (Å²) in [6.45, 7) is 2.23. The van der Waals surface area contributed by atoms with Crippen LogP contribution in [0.5, 0.6) is 0 Å². The molecule has 16 heavy (non-hydrogen) atoms. The Morgan fingerprint density at radius 2 is 2.25 bits per heavy atom. The van der Waals surface area contributed by atoms with Gasteiger partial charge in [-0.1, -0.05) is 6.92 Å². The minimum absolute atomic E-state index is 0.195. The number of amides is 1. The molecule has 2 atom stereocenters. The van der Waals surface area contributed by atoms with Gasteiger partial charge in [-0.2, -0.15) is 0 Å². The average Bonchev–Trinajstić information content (AvgIpc) is 2.54. The number of nitrogens with one attached hydrogen (secondary N) is 2. The number of carbonyl (C=O) groups is 1. The Morgan fingerprint density at radius 1 is 1.44 bits per heavy atom. The van der Waals surface area contributed by atoms with Crippen LogP contribution in [-0.4, -0.2) is 10.1 Å². The van der Waals surface area contributed by atoms with Gasteiger partial charge in [-0.3, -0.25) is 14.2 Å². The monoisotopic (exact) mass is 256 g/mol. The standard InChI is InChI=1S/C10H12N2O2S2/c1-5-2-3-6-7(4-5)15-10-8(6)9(13)11-16(14)12-10/h5,12H,2-4H2,1H3,(H,11,13)/t5-,16+/m0/s1. The maximum absolute atomic E-state index is 11.8. The van der Waals surface area contributed by atoms with Crippen molar-refractivity contribution in [3.63, 3.8) is 0 Å². The summed E-state index contributed by atoms with van der Waals surface area (Å²) >= 11 is 0.126. The van der Waals surface area contributed by atoms with E-state index in [1.807, 2.05) is 0 Å². The van der Waals surface area contributed by atoms with Gasteiger partial charge in [-0.25, -0.2) is 4.21 Å². The first kappa shape index (κ1) is 10.3. The molecule has 0 spiro atoms. The smallest absolute Gasteiger partial charge is 0.267 e. The second-order valence-electron chi connectivity index (χ2n) is 4.36. The van der Waals surface area contributed by atoms with Crippen LogP contribution in [0.4, 0.5) is 5.00 Å². The van der Waals surface area contributed by atoms with Crippen molar-refractivity contribution in [2.24, 2.45) is 5.92 Å². The van der Waals surface area contributed by atoms with Gasteiger partial charge < -0.3 is 0 Å². The van der Waals surface area contributed by atoms with Gasteiger partial charge in [0.1, 0.15) is 5.00 Å². The lowest BCUT2D eigenvalue weighted by Gasteiger charge is -2.19. The summed E-state index contributed by atoms with van der Waals surface area (Å²) < 4.78 is 16.5. The summed E-state index contributed by atoms with van der Waals surface area (Å²) in [6, 6.07) is 0. The summed E-state index contributed by atoms with van der Waals surface area (Å²) in [5.41, 5.74) is 1.89. The molecule has 0 saturated carbocycles. The third-order valence-corrected chi connectivity index (χ3v) is 5.17. The quantitative estimate of drug-likeness (QED) is 0.741. The Balaban J connectivity index is 2.11. The van der Waals surface area contributed by atoms with E-state index in [2.05, 4.69) is 16.4 Å². The maximum atomic E-state index is 11.8. The van der Waals surface area contributed by atoms with Crippen molar-refractivity contribution >= 4 is 33.4 Å². The first-order valence-electron chi connectivity index (χ1n) is 5.29. The van der Waals surface area contributed by atoms with Gasteiger partial charge in [0.2, 0.25) is 11.2 Å². The molecule has 4 nitrogen and oxygen atoms in total. The molecule has 0 aromatic carbocycles. The highest BCUT2D eigenvalue weighted by Crippen LogP contribution is 2.40. The molecule has 1 aliphatic carbocycles. The van der Waals surface area contributed by atoms with E-state index < -0.39 is 11.2 Å². The van der Waals surface area contributed by atoms with Gasteiger partial charge in [0.25, 0.3) is 5.91 Å². The molecule has 2 N–H and O–H groups in total. The van der Waals surface area contributed by atoms with E-state index in [-0.39, 0.29) is 5.91 Å². The Labute approximate surface area is 100 Å². The summed E-state index contributed by atoms with van der Waals surface area (Å²) in [5.74, 6) is 0.486. The summed E-state index contributed by atoms with van der Waals surface area (Å²) in [4.78, 5) is 13.1. The van der Waals surface area contributed by atoms with Crippen LogP contribution < -0.4 is 9.44 Å². The van der Waals surface area contributed by atoms with E-state index in [0.717, 1.165) is 29.8 Å². The van der Waals surface area contributed by atoms with E-state index in [9.17, 15) is 9.00 Å². The topological polar surface area (TPSA) is 58.2 Å². The van der Waals surface area contributed by atoms with E-state index >= 15 is 0 Å². The third kappa shape index (κ3) is 1.48. The van der Waals surface area contributed by atoms with Crippen molar-refractivity contribution in [3.05, 3.63) is 16.0 Å². The fraction of sp³-hybridized carbons (Fsp3) is 0.500. The number of fused-ring (bicyclic) bond motifs is 3. The summed E-state index contributed by atoms with van der Waals surface area (Å²) in [7, 11) is 0. The Morgan fingerprint density at radius 3 is 3.06 bits per heavy atom. The van der Waals surface area contributed by atoms with Crippen molar-refractivity contribution in [3.8, 4) is 0 Å². The van der Waals surface area contributed by atoms with Gasteiger partial charge in [0, 0.05) is 4.88 Å². The highest BCUT2D eigenvalue weighted by atomic mass is 32.2. The predicted molar refractivity (Wildman–Crippen MR) is 64.7 cm³/mol. The highest BCUT2D eigenvalue weighted by Gasteiger charge is 2.31. The first-order chi connectivity index (χ1) is 7.65. The van der Waals surface area contributed by atoms with Gasteiger partial charge in [0.05, 0.1) is 5.56 Å². The lowest BCUT2D eigenvalue weighted by Crippen LogP contribution is -2.35. The lowest BCUT2D eigenvalue weighted by molar-refractivity contribution is 0.0982. The second kappa shape index (κ2) is 3.56. The molecule has 0 saturated heterocycles. The molecular weight excluding hydrogens is 244 g/mol. The largest absolute Gasteiger partial charge is 0.278 e. The van der Waals surface area contributed by atoms with Crippen LogP contribution in [0.1, 0.15) is 34.1 Å². The molecule has 1 aromatic rings. The minimum atomic E-state index is -1.46. The molecule has 2 aliphatic rings. The van der Waals surface area contributed by atoms with Crippen LogP contribution in [0.2, 0.25) is 0 Å². The van der Waals surface area contributed by atoms with E-state index in [4.69, 9.17) is 0 Å². The number of hydrogen-bond acceptors (Lipinski definition) is 3. The molecule has 6 heteroatoms. The molecule has 0 radical (unpaired) electrons. The zero-order chi connectivity index (χ0) is 11.3. The minimum Gasteiger partial charge on any atom is -0.278 e. The highest BCUT2D eigenvalue weighted by molar-refractivity contribution is 7.85. The van der Waals surface area contributed by atoms with Gasteiger partial charge >= 0.3 is 0 Å². The summed E-state index contributed by atoms with van der Waals surface area (Å²) in [6.07, 6.45) is 3.13. The van der Waals surface area contributed by atoms with Crippen LogP contribution in [-0.2, 0) is 24.0 Å². The second-order valence-corrected chi connectivity index (χ2v) is 6.41. The number of hydrogen-bond donors (Lipinski definition) is 2. The van der Waals surface area contributed by atoms with Crippen LogP contribution in [0, 0.1) is 5.92 Å². The summed E-state index contributed by atoms with van der Waals surface area (Å²) in [5, 5.41) is 0.779. The molecule has 1 aliphatic heterocycles. The molecule has 1 aromatic heterocycles. The van der Waals surface area contributed by atoms with Gasteiger partial charge in [-0.15, -0.1) is 11.3 Å². The fourth-order valence-electron chi connectivity index (χ4n) is 2.31. The molecule has 1 amide bonds. The van der Waals surface area contributed by atoms with Gasteiger partial charge in [-0.05, 0) is 30.7 Å². The molecule has 0 unspecified atom stereocenters. The molecule has 3 rings (SSSR count). The number of anilines is 1. The normalized spacial score (nSPS) is 27.7. The fourth-order valence-corrected chi connectivity index (χ4v) is 4.55. The van der Waals surface area contributed by atoms with Crippen molar-refractivity contribution in [2.45, 2.75) is 26.2 Å². The molecule has 2 heterocycles. The van der Waals surface area contributed by atoms with Crippen LogP contribution >= 0.6 is 11.3 Å². The molecule has 0 bridgehead atoms. The SMILES string of the molecule is C[C@H]1CCc2c(sc3c2C(=O)N[S@@](=O)N3)C1.